The highest BCUT2D eigenvalue weighted by atomic mass is 16.1. The van der Waals surface area contributed by atoms with Crippen molar-refractivity contribution in [3.8, 4) is 0 Å². The molecule has 0 heterocycles. The molecule has 1 heteroatoms. The summed E-state index contributed by atoms with van der Waals surface area (Å²) in [7, 11) is 0. The second-order valence-corrected chi connectivity index (χ2v) is 4.30. The van der Waals surface area contributed by atoms with Gasteiger partial charge in [0.2, 0.25) is 0 Å². The third-order valence-electron chi connectivity index (χ3n) is 3.35. The molecule has 14 heavy (non-hydrogen) atoms. The average molecular weight is 184 g/mol. The van der Waals surface area contributed by atoms with E-state index >= 15 is 0 Å². The van der Waals surface area contributed by atoms with Gasteiger partial charge in [-0.2, -0.15) is 0 Å². The molecule has 0 atom stereocenters. The molecule has 0 aromatic heterocycles. The van der Waals surface area contributed by atoms with Gasteiger partial charge >= 0.3 is 0 Å². The monoisotopic (exact) mass is 184 g/mol. The van der Waals surface area contributed by atoms with Gasteiger partial charge in [-0.05, 0) is 24.8 Å². The van der Waals surface area contributed by atoms with E-state index in [2.05, 4.69) is 12.2 Å². The Bertz CT molecular complexity index is 425. The lowest BCUT2D eigenvalue weighted by molar-refractivity contribution is 0.0902. The van der Waals surface area contributed by atoms with Crippen LogP contribution in [0.3, 0.4) is 0 Å². The van der Waals surface area contributed by atoms with Gasteiger partial charge in [0.1, 0.15) is 0 Å². The van der Waals surface area contributed by atoms with Crippen molar-refractivity contribution in [1.29, 1.82) is 0 Å². The van der Waals surface area contributed by atoms with Crippen LogP contribution in [0.4, 0.5) is 0 Å². The fourth-order valence-corrected chi connectivity index (χ4v) is 2.22. The maximum atomic E-state index is 12.2. The predicted octanol–water partition coefficient (Wildman–Crippen LogP) is 3.07. The Morgan fingerprint density at radius 3 is 2.71 bits per heavy atom. The highest BCUT2D eigenvalue weighted by Crippen LogP contribution is 2.52. The molecule has 1 saturated carbocycles. The van der Waals surface area contributed by atoms with Crippen molar-refractivity contribution >= 4 is 11.9 Å². The van der Waals surface area contributed by atoms with Crippen LogP contribution < -0.4 is 0 Å². The smallest absolute Gasteiger partial charge is 0.169 e. The van der Waals surface area contributed by atoms with Gasteiger partial charge in [-0.1, -0.05) is 36.4 Å². The summed E-state index contributed by atoms with van der Waals surface area (Å²) in [5, 5.41) is 0. The van der Waals surface area contributed by atoms with Crippen LogP contribution in [0, 0.1) is 5.41 Å². The molecular formula is C13H12O. The molecule has 0 N–H and O–H groups in total. The molecule has 2 aliphatic rings. The molecule has 0 radical (unpaired) electrons. The maximum absolute atomic E-state index is 12.2. The Morgan fingerprint density at radius 2 is 1.93 bits per heavy atom. The zero-order valence-electron chi connectivity index (χ0n) is 7.99. The van der Waals surface area contributed by atoms with Gasteiger partial charge in [0, 0.05) is 11.0 Å². The highest BCUT2D eigenvalue weighted by Gasteiger charge is 2.49. The van der Waals surface area contributed by atoms with Crippen LogP contribution >= 0.6 is 0 Å². The lowest BCUT2D eigenvalue weighted by Crippen LogP contribution is -2.14. The minimum absolute atomic E-state index is 0.0108. The quantitative estimate of drug-likeness (QED) is 0.605. The molecule has 0 unspecified atom stereocenters. The Morgan fingerprint density at radius 1 is 1.14 bits per heavy atom. The van der Waals surface area contributed by atoms with Crippen molar-refractivity contribution in [2.24, 2.45) is 5.41 Å². The SMILES string of the molecule is O=C1c2ccccc2C=CCC12CC2. The first-order chi connectivity index (χ1) is 6.82. The third-order valence-corrected chi connectivity index (χ3v) is 3.35. The lowest BCUT2D eigenvalue weighted by atomic mass is 9.92. The van der Waals surface area contributed by atoms with E-state index in [1.807, 2.05) is 24.3 Å². The van der Waals surface area contributed by atoms with Crippen LogP contribution in [0.15, 0.2) is 30.3 Å². The zero-order valence-corrected chi connectivity index (χ0v) is 7.99. The number of allylic oxidation sites excluding steroid dienone is 1. The number of hydrogen-bond acceptors (Lipinski definition) is 1. The Labute approximate surface area is 83.4 Å². The Hall–Kier alpha value is -1.37. The number of rotatable bonds is 0. The van der Waals surface area contributed by atoms with E-state index in [4.69, 9.17) is 0 Å². The van der Waals surface area contributed by atoms with E-state index < -0.39 is 0 Å². The molecule has 1 fully saturated rings. The fourth-order valence-electron chi connectivity index (χ4n) is 2.22. The van der Waals surface area contributed by atoms with Gasteiger partial charge in [-0.3, -0.25) is 4.79 Å². The number of benzene rings is 1. The summed E-state index contributed by atoms with van der Waals surface area (Å²) < 4.78 is 0. The molecule has 1 nitrogen and oxygen atoms in total. The van der Waals surface area contributed by atoms with E-state index in [1.54, 1.807) is 0 Å². The molecule has 0 saturated heterocycles. The zero-order chi connectivity index (χ0) is 9.60. The topological polar surface area (TPSA) is 17.1 Å². The van der Waals surface area contributed by atoms with E-state index in [9.17, 15) is 4.79 Å². The van der Waals surface area contributed by atoms with Gasteiger partial charge in [0.15, 0.2) is 5.78 Å². The van der Waals surface area contributed by atoms with Crippen molar-refractivity contribution in [3.63, 3.8) is 0 Å². The van der Waals surface area contributed by atoms with E-state index in [0.29, 0.717) is 5.78 Å². The Kier molecular flexibility index (Phi) is 1.46. The summed E-state index contributed by atoms with van der Waals surface area (Å²) in [4.78, 5) is 12.2. The van der Waals surface area contributed by atoms with Gasteiger partial charge in [0.25, 0.3) is 0 Å². The number of Topliss-reactive ketones (excluding diaryl/α,β-unsaturated/α-hetero) is 1. The molecule has 2 aliphatic carbocycles. The number of carbonyl (C=O) groups excluding carboxylic acids is 1. The summed E-state index contributed by atoms with van der Waals surface area (Å²) in [6.07, 6.45) is 7.31. The predicted molar refractivity (Wildman–Crippen MR) is 56.1 cm³/mol. The van der Waals surface area contributed by atoms with E-state index in [-0.39, 0.29) is 5.41 Å². The van der Waals surface area contributed by atoms with Gasteiger partial charge < -0.3 is 0 Å². The summed E-state index contributed by atoms with van der Waals surface area (Å²) in [5.41, 5.74) is 1.99. The largest absolute Gasteiger partial charge is 0.294 e. The van der Waals surface area contributed by atoms with Crippen molar-refractivity contribution in [2.45, 2.75) is 19.3 Å². The van der Waals surface area contributed by atoms with Crippen molar-refractivity contribution in [3.05, 3.63) is 41.5 Å². The second-order valence-electron chi connectivity index (χ2n) is 4.30. The standard InChI is InChI=1S/C13H12O/c14-12-11-6-2-1-4-10(11)5-3-7-13(12)8-9-13/h1-6H,7-9H2. The Balaban J connectivity index is 2.18. The lowest BCUT2D eigenvalue weighted by Gasteiger charge is -2.09. The van der Waals surface area contributed by atoms with Crippen LogP contribution in [0.2, 0.25) is 0 Å². The average Bonchev–Trinajstić information content (AvgIpc) is 3.00. The van der Waals surface area contributed by atoms with Crippen molar-refractivity contribution in [2.75, 3.05) is 0 Å². The van der Waals surface area contributed by atoms with Gasteiger partial charge in [0.05, 0.1) is 0 Å². The maximum Gasteiger partial charge on any atom is 0.169 e. The van der Waals surface area contributed by atoms with Gasteiger partial charge in [-0.25, -0.2) is 0 Å². The normalized spacial score (nSPS) is 21.9. The summed E-state index contributed by atoms with van der Waals surface area (Å²) in [6, 6.07) is 7.91. The third kappa shape index (κ3) is 0.985. The fraction of sp³-hybridized carbons (Fsp3) is 0.308. The van der Waals surface area contributed by atoms with E-state index in [1.165, 1.54) is 0 Å². The number of fused-ring (bicyclic) bond motifs is 1. The minimum atomic E-state index is -0.0108. The summed E-state index contributed by atoms with van der Waals surface area (Å²) in [5.74, 6) is 0.359. The minimum Gasteiger partial charge on any atom is -0.294 e. The molecular weight excluding hydrogens is 172 g/mol. The first-order valence-corrected chi connectivity index (χ1v) is 5.12. The van der Waals surface area contributed by atoms with Crippen molar-refractivity contribution in [1.82, 2.24) is 0 Å². The van der Waals surface area contributed by atoms with Crippen LogP contribution in [-0.2, 0) is 0 Å². The number of ketones is 1. The first-order valence-electron chi connectivity index (χ1n) is 5.12. The van der Waals surface area contributed by atoms with Crippen molar-refractivity contribution < 1.29 is 4.79 Å². The molecule has 1 spiro atoms. The van der Waals surface area contributed by atoms with Gasteiger partial charge in [-0.15, -0.1) is 0 Å². The molecule has 1 aromatic carbocycles. The molecule has 70 valence electrons. The molecule has 0 aliphatic heterocycles. The summed E-state index contributed by atoms with van der Waals surface area (Å²) >= 11 is 0. The molecule has 0 amide bonds. The number of hydrogen-bond donors (Lipinski definition) is 0. The highest BCUT2D eigenvalue weighted by molar-refractivity contribution is 6.05. The van der Waals surface area contributed by atoms with Crippen LogP contribution in [0.25, 0.3) is 6.08 Å². The first kappa shape index (κ1) is 7.98. The van der Waals surface area contributed by atoms with Crippen LogP contribution in [-0.4, -0.2) is 5.78 Å². The molecule has 3 rings (SSSR count). The van der Waals surface area contributed by atoms with Crippen LogP contribution in [0.5, 0.6) is 0 Å². The van der Waals surface area contributed by atoms with E-state index in [0.717, 1.165) is 30.4 Å². The van der Waals surface area contributed by atoms with Crippen LogP contribution in [0.1, 0.15) is 35.2 Å². The summed E-state index contributed by atoms with van der Waals surface area (Å²) in [6.45, 7) is 0. The second kappa shape index (κ2) is 2.57. The molecule has 1 aromatic rings. The molecule has 0 bridgehead atoms. The number of carbonyl (C=O) groups is 1.